The van der Waals surface area contributed by atoms with Crippen molar-refractivity contribution < 1.29 is 24.2 Å². The van der Waals surface area contributed by atoms with E-state index in [9.17, 15) is 14.7 Å². The number of anilines is 1. The Morgan fingerprint density at radius 2 is 1.53 bits per heavy atom. The third kappa shape index (κ3) is 7.27. The Morgan fingerprint density at radius 3 is 2.15 bits per heavy atom. The Hall–Kier alpha value is -4.00. The fourth-order valence-electron chi connectivity index (χ4n) is 3.33. The van der Waals surface area contributed by atoms with E-state index in [1.54, 1.807) is 43.1 Å². The number of aliphatic carboxylic acids is 1. The summed E-state index contributed by atoms with van der Waals surface area (Å²) in [7, 11) is 1.74. The smallest absolute Gasteiger partial charge is 0.348 e. The number of carbonyl (C=O) groups is 2. The molecule has 0 spiro atoms. The number of hydrogen-bond acceptors (Lipinski definition) is 4. The number of amides is 2. The molecule has 1 atom stereocenters. The van der Waals surface area contributed by atoms with E-state index in [1.807, 2.05) is 60.7 Å². The topological polar surface area (TPSA) is 88.1 Å². The van der Waals surface area contributed by atoms with Gasteiger partial charge in [0, 0.05) is 25.7 Å². The van der Waals surface area contributed by atoms with Gasteiger partial charge in [-0.15, -0.1) is 0 Å². The predicted molar refractivity (Wildman–Crippen MR) is 131 cm³/mol. The molecular formula is C27H30N2O5. The molecule has 0 aliphatic heterocycles. The molecule has 0 heterocycles. The summed E-state index contributed by atoms with van der Waals surface area (Å²) in [5, 5.41) is 12.6. The number of carboxylic acid groups (broad SMARTS) is 1. The fraction of sp³-hybridized carbons (Fsp3) is 0.259. The molecule has 0 saturated carbocycles. The van der Waals surface area contributed by atoms with Crippen molar-refractivity contribution in [3.63, 3.8) is 0 Å². The first-order valence-corrected chi connectivity index (χ1v) is 11.1. The van der Waals surface area contributed by atoms with Gasteiger partial charge in [0.2, 0.25) is 5.60 Å². The second-order valence-corrected chi connectivity index (χ2v) is 8.19. The minimum Gasteiger partial charge on any atom is -0.494 e. The number of para-hydroxylation sites is 2. The van der Waals surface area contributed by atoms with Crippen molar-refractivity contribution in [2.45, 2.75) is 25.4 Å². The number of carbonyl (C=O) groups excluding carboxylic acids is 1. The molecule has 3 aromatic rings. The van der Waals surface area contributed by atoms with Crippen molar-refractivity contribution in [1.82, 2.24) is 4.90 Å². The molecule has 178 valence electrons. The first-order valence-electron chi connectivity index (χ1n) is 11.1. The monoisotopic (exact) mass is 462 g/mol. The number of carboxylic acids is 1. The van der Waals surface area contributed by atoms with Crippen LogP contribution in [0, 0.1) is 0 Å². The zero-order valence-electron chi connectivity index (χ0n) is 19.4. The Morgan fingerprint density at radius 1 is 0.912 bits per heavy atom. The SMILES string of the molecule is CN(CCCOc1ccc(C[C@](C)(Oc2ccccc2)C(=O)O)cc1)C(=O)Nc1ccccc1. The number of rotatable bonds is 11. The molecule has 3 rings (SSSR count). The molecule has 7 nitrogen and oxygen atoms in total. The molecule has 2 N–H and O–H groups in total. The Kier molecular flexibility index (Phi) is 8.51. The third-order valence-electron chi connectivity index (χ3n) is 5.28. The molecule has 7 heteroatoms. The van der Waals surface area contributed by atoms with E-state index in [0.29, 0.717) is 31.1 Å². The summed E-state index contributed by atoms with van der Waals surface area (Å²) in [5.41, 5.74) is 0.184. The van der Waals surface area contributed by atoms with Crippen LogP contribution in [-0.4, -0.2) is 47.8 Å². The molecule has 3 aromatic carbocycles. The van der Waals surface area contributed by atoms with Crippen LogP contribution in [0.3, 0.4) is 0 Å². The van der Waals surface area contributed by atoms with Crippen molar-refractivity contribution in [2.24, 2.45) is 0 Å². The van der Waals surface area contributed by atoms with Crippen molar-refractivity contribution in [2.75, 3.05) is 25.5 Å². The molecule has 0 aromatic heterocycles. The zero-order chi connectivity index (χ0) is 24.4. The molecule has 0 bridgehead atoms. The first-order chi connectivity index (χ1) is 16.4. The van der Waals surface area contributed by atoms with Crippen molar-refractivity contribution in [1.29, 1.82) is 0 Å². The maximum absolute atomic E-state index is 12.2. The standard InChI is InChI=1S/C27H30N2O5/c1-27(25(30)31,34-24-12-7-4-8-13-24)20-21-14-16-23(17-15-21)33-19-9-18-29(2)26(32)28-22-10-5-3-6-11-22/h3-8,10-17H,9,18-20H2,1-2H3,(H,28,32)(H,30,31)/t27-/m0/s1. The summed E-state index contributed by atoms with van der Waals surface area (Å²) < 4.78 is 11.6. The van der Waals surface area contributed by atoms with Crippen LogP contribution in [-0.2, 0) is 11.2 Å². The van der Waals surface area contributed by atoms with Crippen molar-refractivity contribution in [3.05, 3.63) is 90.5 Å². The van der Waals surface area contributed by atoms with Crippen LogP contribution in [0.2, 0.25) is 0 Å². The summed E-state index contributed by atoms with van der Waals surface area (Å²) in [6.45, 7) is 2.56. The lowest BCUT2D eigenvalue weighted by molar-refractivity contribution is -0.153. The molecule has 2 amide bonds. The van der Waals surface area contributed by atoms with Crippen molar-refractivity contribution in [3.8, 4) is 11.5 Å². The number of hydrogen-bond donors (Lipinski definition) is 2. The van der Waals surface area contributed by atoms with E-state index in [4.69, 9.17) is 9.47 Å². The lowest BCUT2D eigenvalue weighted by atomic mass is 9.96. The molecular weight excluding hydrogens is 432 g/mol. The van der Waals surface area contributed by atoms with E-state index < -0.39 is 11.6 Å². The summed E-state index contributed by atoms with van der Waals surface area (Å²) in [6, 6.07) is 25.4. The van der Waals surface area contributed by atoms with Gasteiger partial charge >= 0.3 is 12.0 Å². The van der Waals surface area contributed by atoms with Gasteiger partial charge in [0.25, 0.3) is 0 Å². The first kappa shape index (κ1) is 24.6. The minimum absolute atomic E-state index is 0.172. The molecule has 34 heavy (non-hydrogen) atoms. The highest BCUT2D eigenvalue weighted by Gasteiger charge is 2.36. The second kappa shape index (κ2) is 11.7. The van der Waals surface area contributed by atoms with Crippen LogP contribution in [0.25, 0.3) is 0 Å². The average molecular weight is 463 g/mol. The largest absolute Gasteiger partial charge is 0.494 e. The summed E-state index contributed by atoms with van der Waals surface area (Å²) in [6.07, 6.45) is 0.876. The van der Waals surface area contributed by atoms with Gasteiger partial charge in [0.05, 0.1) is 6.61 Å². The second-order valence-electron chi connectivity index (χ2n) is 8.19. The van der Waals surface area contributed by atoms with Gasteiger partial charge in [-0.25, -0.2) is 9.59 Å². The molecule has 0 aliphatic rings. The average Bonchev–Trinajstić information content (AvgIpc) is 2.84. The summed E-state index contributed by atoms with van der Waals surface area (Å²) in [4.78, 5) is 25.7. The number of nitrogens with zero attached hydrogens (tertiary/aromatic N) is 1. The fourth-order valence-corrected chi connectivity index (χ4v) is 3.33. The highest BCUT2D eigenvalue weighted by atomic mass is 16.5. The van der Waals surface area contributed by atoms with E-state index in [2.05, 4.69) is 5.32 Å². The number of nitrogens with one attached hydrogen (secondary N) is 1. The van der Waals surface area contributed by atoms with E-state index >= 15 is 0 Å². The van der Waals surface area contributed by atoms with E-state index in [0.717, 1.165) is 11.3 Å². The highest BCUT2D eigenvalue weighted by molar-refractivity contribution is 5.89. The molecule has 0 aliphatic carbocycles. The van der Waals surface area contributed by atoms with Gasteiger partial charge in [-0.1, -0.05) is 48.5 Å². The maximum Gasteiger partial charge on any atom is 0.348 e. The van der Waals surface area contributed by atoms with Crippen LogP contribution in [0.4, 0.5) is 10.5 Å². The van der Waals surface area contributed by atoms with Gasteiger partial charge < -0.3 is 24.8 Å². The molecule has 0 radical (unpaired) electrons. The zero-order valence-corrected chi connectivity index (χ0v) is 19.4. The van der Waals surface area contributed by atoms with Gasteiger partial charge in [-0.2, -0.15) is 0 Å². The van der Waals surface area contributed by atoms with Crippen molar-refractivity contribution >= 4 is 17.7 Å². The number of urea groups is 1. The van der Waals surface area contributed by atoms with Crippen LogP contribution in [0.15, 0.2) is 84.9 Å². The maximum atomic E-state index is 12.2. The third-order valence-corrected chi connectivity index (χ3v) is 5.28. The normalized spacial score (nSPS) is 12.3. The van der Waals surface area contributed by atoms with Crippen LogP contribution in [0.1, 0.15) is 18.9 Å². The Labute approximate surface area is 199 Å². The van der Waals surface area contributed by atoms with Crippen LogP contribution >= 0.6 is 0 Å². The van der Waals surface area contributed by atoms with Gasteiger partial charge in [0.15, 0.2) is 0 Å². The molecule has 0 fully saturated rings. The van der Waals surface area contributed by atoms with Gasteiger partial charge in [0.1, 0.15) is 11.5 Å². The summed E-state index contributed by atoms with van der Waals surface area (Å²) in [5.74, 6) is 0.160. The van der Waals surface area contributed by atoms with E-state index in [1.165, 1.54) is 0 Å². The van der Waals surface area contributed by atoms with E-state index in [-0.39, 0.29) is 12.5 Å². The van der Waals surface area contributed by atoms with Gasteiger partial charge in [-0.05, 0) is 55.3 Å². The Bertz CT molecular complexity index is 1060. The minimum atomic E-state index is -1.39. The summed E-state index contributed by atoms with van der Waals surface area (Å²) >= 11 is 0. The molecule has 0 unspecified atom stereocenters. The van der Waals surface area contributed by atoms with Crippen LogP contribution in [0.5, 0.6) is 11.5 Å². The highest BCUT2D eigenvalue weighted by Crippen LogP contribution is 2.24. The van der Waals surface area contributed by atoms with Gasteiger partial charge in [-0.3, -0.25) is 0 Å². The quantitative estimate of drug-likeness (QED) is 0.388. The van der Waals surface area contributed by atoms with Crippen LogP contribution < -0.4 is 14.8 Å². The number of ether oxygens (including phenoxy) is 2. The lowest BCUT2D eigenvalue weighted by Crippen LogP contribution is -2.43. The lowest BCUT2D eigenvalue weighted by Gasteiger charge is -2.26. The molecule has 0 saturated heterocycles. The number of benzene rings is 3. The Balaban J connectivity index is 1.45. The predicted octanol–water partition coefficient (Wildman–Crippen LogP) is 5.08.